The van der Waals surface area contributed by atoms with E-state index in [4.69, 9.17) is 5.84 Å². The number of carbonyl (C=O) groups excluding carboxylic acids is 1. The molecule has 16 heavy (non-hydrogen) atoms. The molecule has 0 saturated carbocycles. The first kappa shape index (κ1) is 15.4. The number of carbonyl (C=O) groups is 1. The van der Waals surface area contributed by atoms with Crippen molar-refractivity contribution in [2.24, 2.45) is 5.84 Å². The van der Waals surface area contributed by atoms with E-state index in [0.29, 0.717) is 13.0 Å². The fourth-order valence-electron chi connectivity index (χ4n) is 1.68. The number of nitrogens with zero attached hydrogens (tertiary/aromatic N) is 1. The topological polar surface area (TPSA) is 46.3 Å². The van der Waals surface area contributed by atoms with Crippen LogP contribution in [0.1, 0.15) is 71.6 Å². The van der Waals surface area contributed by atoms with E-state index in [1.165, 1.54) is 30.7 Å². The molecule has 0 aromatic rings. The number of hydrogen-bond acceptors (Lipinski definition) is 2. The maximum atomic E-state index is 11.5. The van der Waals surface area contributed by atoms with E-state index < -0.39 is 0 Å². The molecule has 0 aromatic heterocycles. The van der Waals surface area contributed by atoms with E-state index in [-0.39, 0.29) is 5.91 Å². The largest absolute Gasteiger partial charge is 0.281 e. The van der Waals surface area contributed by atoms with E-state index in [9.17, 15) is 4.79 Å². The van der Waals surface area contributed by atoms with E-state index in [0.717, 1.165) is 25.7 Å². The molecule has 0 saturated heterocycles. The highest BCUT2D eigenvalue weighted by atomic mass is 16.2. The molecule has 0 radical (unpaired) electrons. The molecular formula is C13H28N2O. The highest BCUT2D eigenvalue weighted by Crippen LogP contribution is 2.05. The molecule has 0 heterocycles. The van der Waals surface area contributed by atoms with Crippen LogP contribution < -0.4 is 5.84 Å². The minimum Gasteiger partial charge on any atom is -0.281 e. The Morgan fingerprint density at radius 2 is 1.50 bits per heavy atom. The van der Waals surface area contributed by atoms with Crippen molar-refractivity contribution in [3.63, 3.8) is 0 Å². The third-order valence-electron chi connectivity index (χ3n) is 2.82. The van der Waals surface area contributed by atoms with Crippen LogP contribution in [0.5, 0.6) is 0 Å². The van der Waals surface area contributed by atoms with Crippen LogP contribution in [-0.2, 0) is 4.79 Å². The highest BCUT2D eigenvalue weighted by molar-refractivity contribution is 5.75. The predicted octanol–water partition coefficient (Wildman–Crippen LogP) is 3.24. The molecule has 0 fully saturated rings. The molecule has 2 N–H and O–H groups in total. The lowest BCUT2D eigenvalue weighted by Gasteiger charge is -2.16. The second kappa shape index (κ2) is 10.9. The van der Waals surface area contributed by atoms with Gasteiger partial charge in [0.05, 0.1) is 0 Å². The predicted molar refractivity (Wildman–Crippen MR) is 68.8 cm³/mol. The smallest absolute Gasteiger partial charge is 0.236 e. The lowest BCUT2D eigenvalue weighted by Crippen LogP contribution is -2.37. The van der Waals surface area contributed by atoms with Gasteiger partial charge in [-0.3, -0.25) is 9.80 Å². The standard InChI is InChI=1S/C13H28N2O/c1-3-5-7-8-10-12-15(14)13(16)11-9-6-4-2/h3-12,14H2,1-2H3. The fourth-order valence-corrected chi connectivity index (χ4v) is 1.68. The minimum absolute atomic E-state index is 0.101. The molecule has 3 nitrogen and oxygen atoms in total. The average Bonchev–Trinajstić information content (AvgIpc) is 2.28. The van der Waals surface area contributed by atoms with Gasteiger partial charge < -0.3 is 0 Å². The Morgan fingerprint density at radius 3 is 2.12 bits per heavy atom. The summed E-state index contributed by atoms with van der Waals surface area (Å²) in [7, 11) is 0. The third kappa shape index (κ3) is 8.72. The molecule has 0 aromatic carbocycles. The van der Waals surface area contributed by atoms with Crippen molar-refractivity contribution in [2.45, 2.75) is 71.6 Å². The summed E-state index contributed by atoms with van der Waals surface area (Å²) < 4.78 is 0. The highest BCUT2D eigenvalue weighted by Gasteiger charge is 2.07. The van der Waals surface area contributed by atoms with Crippen molar-refractivity contribution in [2.75, 3.05) is 6.54 Å². The van der Waals surface area contributed by atoms with Gasteiger partial charge in [0.15, 0.2) is 0 Å². The van der Waals surface area contributed by atoms with Gasteiger partial charge in [0.25, 0.3) is 0 Å². The molecule has 1 amide bonds. The molecule has 0 spiro atoms. The normalized spacial score (nSPS) is 10.4. The zero-order valence-electron chi connectivity index (χ0n) is 11.0. The van der Waals surface area contributed by atoms with Gasteiger partial charge in [0.2, 0.25) is 5.91 Å². The van der Waals surface area contributed by atoms with Gasteiger partial charge >= 0.3 is 0 Å². The Balaban J connectivity index is 3.40. The Labute approximate surface area is 100 Å². The van der Waals surface area contributed by atoms with Gasteiger partial charge in [-0.05, 0) is 12.8 Å². The summed E-state index contributed by atoms with van der Waals surface area (Å²) >= 11 is 0. The van der Waals surface area contributed by atoms with Crippen molar-refractivity contribution in [1.82, 2.24) is 5.01 Å². The summed E-state index contributed by atoms with van der Waals surface area (Å²) in [5, 5.41) is 1.40. The first-order valence-corrected chi connectivity index (χ1v) is 6.77. The van der Waals surface area contributed by atoms with Crippen LogP contribution in [0.4, 0.5) is 0 Å². The number of hydrogen-bond donors (Lipinski definition) is 1. The summed E-state index contributed by atoms with van der Waals surface area (Å²) in [6.07, 6.45) is 9.87. The zero-order chi connectivity index (χ0) is 12.2. The summed E-state index contributed by atoms with van der Waals surface area (Å²) in [6.45, 7) is 5.06. The Bertz CT molecular complexity index is 171. The van der Waals surface area contributed by atoms with Gasteiger partial charge in [0, 0.05) is 13.0 Å². The second-order valence-electron chi connectivity index (χ2n) is 4.46. The van der Waals surface area contributed by atoms with E-state index in [1.807, 2.05) is 0 Å². The molecule has 0 atom stereocenters. The number of nitrogens with two attached hydrogens (primary N) is 1. The molecule has 0 aliphatic heterocycles. The van der Waals surface area contributed by atoms with Crippen molar-refractivity contribution >= 4 is 5.91 Å². The maximum absolute atomic E-state index is 11.5. The molecular weight excluding hydrogens is 200 g/mol. The molecule has 0 bridgehead atoms. The van der Waals surface area contributed by atoms with Crippen LogP contribution in [0.2, 0.25) is 0 Å². The van der Waals surface area contributed by atoms with Crippen molar-refractivity contribution in [3.8, 4) is 0 Å². The quantitative estimate of drug-likeness (QED) is 0.270. The first-order valence-electron chi connectivity index (χ1n) is 6.77. The minimum atomic E-state index is 0.101. The monoisotopic (exact) mass is 228 g/mol. The van der Waals surface area contributed by atoms with Gasteiger partial charge in [-0.1, -0.05) is 52.4 Å². The number of rotatable bonds is 10. The van der Waals surface area contributed by atoms with Gasteiger partial charge in [-0.25, -0.2) is 5.84 Å². The summed E-state index contributed by atoms with van der Waals surface area (Å²) in [6, 6.07) is 0. The van der Waals surface area contributed by atoms with Crippen LogP contribution in [0.3, 0.4) is 0 Å². The zero-order valence-corrected chi connectivity index (χ0v) is 11.0. The van der Waals surface area contributed by atoms with Crippen LogP contribution >= 0.6 is 0 Å². The Hall–Kier alpha value is -0.570. The number of amides is 1. The van der Waals surface area contributed by atoms with Crippen molar-refractivity contribution in [3.05, 3.63) is 0 Å². The average molecular weight is 228 g/mol. The first-order chi connectivity index (χ1) is 7.72. The molecule has 3 heteroatoms. The SMILES string of the molecule is CCCCCCCN(N)C(=O)CCCCC. The van der Waals surface area contributed by atoms with Crippen LogP contribution in [0.15, 0.2) is 0 Å². The number of hydrazine groups is 1. The molecule has 0 aliphatic carbocycles. The lowest BCUT2D eigenvalue weighted by atomic mass is 10.1. The maximum Gasteiger partial charge on any atom is 0.236 e. The van der Waals surface area contributed by atoms with Crippen LogP contribution in [0.25, 0.3) is 0 Å². The van der Waals surface area contributed by atoms with Crippen molar-refractivity contribution in [1.29, 1.82) is 0 Å². The van der Waals surface area contributed by atoms with Crippen LogP contribution in [-0.4, -0.2) is 17.5 Å². The lowest BCUT2D eigenvalue weighted by molar-refractivity contribution is -0.131. The summed E-state index contributed by atoms with van der Waals surface area (Å²) in [5.74, 6) is 5.80. The van der Waals surface area contributed by atoms with Crippen molar-refractivity contribution < 1.29 is 4.79 Å². The van der Waals surface area contributed by atoms with Crippen LogP contribution in [0, 0.1) is 0 Å². The molecule has 0 rings (SSSR count). The number of unbranched alkanes of at least 4 members (excludes halogenated alkanes) is 6. The molecule has 96 valence electrons. The summed E-state index contributed by atoms with van der Waals surface area (Å²) in [4.78, 5) is 11.5. The van der Waals surface area contributed by atoms with E-state index in [2.05, 4.69) is 13.8 Å². The Kier molecular flexibility index (Phi) is 10.5. The second-order valence-corrected chi connectivity index (χ2v) is 4.46. The third-order valence-corrected chi connectivity index (χ3v) is 2.82. The van der Waals surface area contributed by atoms with Gasteiger partial charge in [-0.2, -0.15) is 0 Å². The summed E-state index contributed by atoms with van der Waals surface area (Å²) in [5.41, 5.74) is 0. The molecule has 0 unspecified atom stereocenters. The van der Waals surface area contributed by atoms with E-state index in [1.54, 1.807) is 0 Å². The molecule has 0 aliphatic rings. The van der Waals surface area contributed by atoms with E-state index >= 15 is 0 Å². The van der Waals surface area contributed by atoms with Gasteiger partial charge in [0.1, 0.15) is 0 Å². The fraction of sp³-hybridized carbons (Fsp3) is 0.923. The Morgan fingerprint density at radius 1 is 0.938 bits per heavy atom. The van der Waals surface area contributed by atoms with Gasteiger partial charge in [-0.15, -0.1) is 0 Å².